The van der Waals surface area contributed by atoms with E-state index in [0.717, 1.165) is 10.8 Å². The van der Waals surface area contributed by atoms with Crippen LogP contribution < -0.4 is 0 Å². The summed E-state index contributed by atoms with van der Waals surface area (Å²) in [6.07, 6.45) is 0.540. The van der Waals surface area contributed by atoms with Crippen LogP contribution in [-0.2, 0) is 20.0 Å². The van der Waals surface area contributed by atoms with Gasteiger partial charge in [0.2, 0.25) is 20.0 Å². The van der Waals surface area contributed by atoms with E-state index in [-0.39, 0.29) is 5.75 Å². The molecule has 1 fully saturated rings. The highest BCUT2D eigenvalue weighted by Crippen LogP contribution is 2.22. The third-order valence-electron chi connectivity index (χ3n) is 5.12. The fourth-order valence-corrected chi connectivity index (χ4v) is 5.64. The molecule has 0 amide bonds. The number of sulfonamides is 2. The van der Waals surface area contributed by atoms with Crippen LogP contribution in [0.4, 0.5) is 0 Å². The highest BCUT2D eigenvalue weighted by molar-refractivity contribution is 7.89. The van der Waals surface area contributed by atoms with E-state index in [0.29, 0.717) is 44.0 Å². The minimum Gasteiger partial charge on any atom is -0.301 e. The van der Waals surface area contributed by atoms with E-state index in [1.165, 1.54) is 22.7 Å². The van der Waals surface area contributed by atoms with Gasteiger partial charge in [-0.3, -0.25) is 0 Å². The van der Waals surface area contributed by atoms with E-state index in [1.54, 1.807) is 12.1 Å². The molecule has 28 heavy (non-hydrogen) atoms. The van der Waals surface area contributed by atoms with Crippen LogP contribution in [0.5, 0.6) is 0 Å². The summed E-state index contributed by atoms with van der Waals surface area (Å²) in [6.45, 7) is 2.69. The first-order valence-electron chi connectivity index (χ1n) is 9.32. The number of hydrogen-bond donors (Lipinski definition) is 0. The molecule has 0 N–H and O–H groups in total. The maximum Gasteiger partial charge on any atom is 0.243 e. The molecule has 1 saturated heterocycles. The molecule has 1 aliphatic rings. The highest BCUT2D eigenvalue weighted by atomic mass is 32.2. The lowest BCUT2D eigenvalue weighted by Crippen LogP contribution is -2.48. The lowest BCUT2D eigenvalue weighted by atomic mass is 10.1. The normalized spacial score (nSPS) is 17.4. The van der Waals surface area contributed by atoms with Gasteiger partial charge in [0.15, 0.2) is 0 Å². The largest absolute Gasteiger partial charge is 0.301 e. The van der Waals surface area contributed by atoms with Gasteiger partial charge in [0.05, 0.1) is 10.6 Å². The van der Waals surface area contributed by atoms with Gasteiger partial charge in [-0.05, 0) is 35.9 Å². The smallest absolute Gasteiger partial charge is 0.243 e. The lowest BCUT2D eigenvalue weighted by Gasteiger charge is -2.34. The van der Waals surface area contributed by atoms with Crippen molar-refractivity contribution in [1.29, 1.82) is 0 Å². The predicted octanol–water partition coefficient (Wildman–Crippen LogP) is 1.43. The summed E-state index contributed by atoms with van der Waals surface area (Å²) >= 11 is 0. The van der Waals surface area contributed by atoms with Crippen molar-refractivity contribution in [2.24, 2.45) is 0 Å². The van der Waals surface area contributed by atoms with E-state index in [1.807, 2.05) is 30.3 Å². The van der Waals surface area contributed by atoms with Crippen LogP contribution in [0.2, 0.25) is 0 Å². The quantitative estimate of drug-likeness (QED) is 0.671. The summed E-state index contributed by atoms with van der Waals surface area (Å²) < 4.78 is 52.4. The predicted molar refractivity (Wildman–Crippen MR) is 111 cm³/mol. The second-order valence-corrected chi connectivity index (χ2v) is 11.4. The molecule has 0 aromatic heterocycles. The summed E-state index contributed by atoms with van der Waals surface area (Å²) in [7, 11) is -3.65. The van der Waals surface area contributed by atoms with Crippen LogP contribution in [0.15, 0.2) is 47.4 Å². The lowest BCUT2D eigenvalue weighted by molar-refractivity contribution is 0.189. The summed E-state index contributed by atoms with van der Waals surface area (Å²) in [6, 6.07) is 12.9. The third kappa shape index (κ3) is 4.72. The van der Waals surface area contributed by atoms with Crippen LogP contribution in [0.3, 0.4) is 0 Å². The molecule has 2 aromatic rings. The molecule has 154 valence electrons. The van der Waals surface area contributed by atoms with Gasteiger partial charge < -0.3 is 4.90 Å². The van der Waals surface area contributed by atoms with E-state index in [4.69, 9.17) is 0 Å². The molecular formula is C19H27N3O4S2. The van der Waals surface area contributed by atoms with Crippen molar-refractivity contribution in [3.8, 4) is 0 Å². The second-order valence-electron chi connectivity index (χ2n) is 7.21. The number of benzene rings is 2. The first-order chi connectivity index (χ1) is 13.2. The molecule has 0 bridgehead atoms. The summed E-state index contributed by atoms with van der Waals surface area (Å²) in [5.41, 5.74) is 0. The fourth-order valence-electron chi connectivity index (χ4n) is 3.32. The number of rotatable bonds is 7. The molecule has 0 atom stereocenters. The summed E-state index contributed by atoms with van der Waals surface area (Å²) in [5, 5.41) is 1.92. The van der Waals surface area contributed by atoms with E-state index >= 15 is 0 Å². The first kappa shape index (κ1) is 21.2. The molecule has 0 unspecified atom stereocenters. The summed E-state index contributed by atoms with van der Waals surface area (Å²) in [4.78, 5) is 2.44. The number of nitrogens with zero attached hydrogens (tertiary/aromatic N) is 3. The van der Waals surface area contributed by atoms with Crippen molar-refractivity contribution in [3.63, 3.8) is 0 Å². The zero-order valence-electron chi connectivity index (χ0n) is 16.3. The van der Waals surface area contributed by atoms with Gasteiger partial charge in [0.25, 0.3) is 0 Å². The summed E-state index contributed by atoms with van der Waals surface area (Å²) in [5.74, 6) is 0.107. The van der Waals surface area contributed by atoms with Crippen molar-refractivity contribution >= 4 is 30.8 Å². The van der Waals surface area contributed by atoms with Gasteiger partial charge >= 0.3 is 0 Å². The van der Waals surface area contributed by atoms with Crippen LogP contribution in [0.25, 0.3) is 10.8 Å². The van der Waals surface area contributed by atoms with Crippen molar-refractivity contribution in [3.05, 3.63) is 42.5 Å². The second kappa shape index (κ2) is 8.46. The van der Waals surface area contributed by atoms with Crippen molar-refractivity contribution in [2.45, 2.75) is 11.3 Å². The fraction of sp³-hybridized carbons (Fsp3) is 0.474. The first-order valence-corrected chi connectivity index (χ1v) is 12.4. The Balaban J connectivity index is 1.59. The van der Waals surface area contributed by atoms with Crippen molar-refractivity contribution < 1.29 is 16.8 Å². The van der Waals surface area contributed by atoms with Gasteiger partial charge in [-0.1, -0.05) is 30.3 Å². The Morgan fingerprint density at radius 3 is 2.18 bits per heavy atom. The van der Waals surface area contributed by atoms with E-state index < -0.39 is 20.0 Å². The van der Waals surface area contributed by atoms with Crippen LogP contribution >= 0.6 is 0 Å². The van der Waals surface area contributed by atoms with Gasteiger partial charge in [-0.2, -0.15) is 4.31 Å². The number of hydrogen-bond acceptors (Lipinski definition) is 5. The Morgan fingerprint density at radius 1 is 0.893 bits per heavy atom. The number of fused-ring (bicyclic) bond motifs is 1. The molecule has 7 nitrogen and oxygen atoms in total. The Hall–Kier alpha value is -1.52. The Kier molecular flexibility index (Phi) is 6.41. The van der Waals surface area contributed by atoms with Gasteiger partial charge in [0, 0.05) is 40.3 Å². The molecular weight excluding hydrogens is 398 g/mol. The average molecular weight is 426 g/mol. The van der Waals surface area contributed by atoms with E-state index in [2.05, 4.69) is 4.90 Å². The Morgan fingerprint density at radius 2 is 1.54 bits per heavy atom. The molecule has 1 heterocycles. The Bertz CT molecular complexity index is 1030. The van der Waals surface area contributed by atoms with E-state index in [9.17, 15) is 16.8 Å². The molecule has 0 aliphatic carbocycles. The van der Waals surface area contributed by atoms with Crippen molar-refractivity contribution in [2.75, 3.05) is 52.6 Å². The maximum absolute atomic E-state index is 13.0. The molecule has 0 radical (unpaired) electrons. The molecule has 0 saturated carbocycles. The minimum atomic E-state index is -3.53. The van der Waals surface area contributed by atoms with Crippen molar-refractivity contribution in [1.82, 2.24) is 13.5 Å². The molecule has 3 rings (SSSR count). The molecule has 2 aromatic carbocycles. The van der Waals surface area contributed by atoms with Crippen LogP contribution in [0.1, 0.15) is 6.42 Å². The monoisotopic (exact) mass is 425 g/mol. The van der Waals surface area contributed by atoms with Crippen LogP contribution in [-0.4, -0.2) is 82.9 Å². The topological polar surface area (TPSA) is 78.0 Å². The number of piperazine rings is 1. The van der Waals surface area contributed by atoms with Gasteiger partial charge in [-0.25, -0.2) is 21.1 Å². The maximum atomic E-state index is 13.0. The van der Waals surface area contributed by atoms with Crippen LogP contribution in [0, 0.1) is 0 Å². The van der Waals surface area contributed by atoms with Gasteiger partial charge in [-0.15, -0.1) is 0 Å². The average Bonchev–Trinajstić information content (AvgIpc) is 2.67. The molecule has 1 aliphatic heterocycles. The molecule has 9 heteroatoms. The SMILES string of the molecule is CN(C)S(=O)(=O)CCCN1CCN(S(=O)(=O)c2ccc3ccccc3c2)CC1. The third-order valence-corrected chi connectivity index (χ3v) is 8.93. The zero-order valence-corrected chi connectivity index (χ0v) is 17.9. The van der Waals surface area contributed by atoms with Gasteiger partial charge in [0.1, 0.15) is 0 Å². The standard InChI is InChI=1S/C19H27N3O4S2/c1-20(2)27(23,24)15-5-10-21-11-13-22(14-12-21)28(25,26)19-9-8-17-6-3-4-7-18(17)16-19/h3-4,6-9,16H,5,10-15H2,1-2H3. The zero-order chi connectivity index (χ0) is 20.4. The molecule has 0 spiro atoms. The Labute approximate surface area is 167 Å². The highest BCUT2D eigenvalue weighted by Gasteiger charge is 2.28. The minimum absolute atomic E-state index is 0.107.